The first-order valence-electron chi connectivity index (χ1n) is 9.03. The summed E-state index contributed by atoms with van der Waals surface area (Å²) in [4.78, 5) is 15.6. The predicted molar refractivity (Wildman–Crippen MR) is 108 cm³/mol. The van der Waals surface area contributed by atoms with Crippen LogP contribution in [0.2, 0.25) is 0 Å². The molecular formula is C21H22INO3. The number of esters is 1. The van der Waals surface area contributed by atoms with Crippen LogP contribution in [-0.2, 0) is 15.1 Å². The molecule has 2 unspecified atom stereocenters. The second-order valence-electron chi connectivity index (χ2n) is 7.06. The number of aliphatic hydroxyl groups is 1. The number of hydrogen-bond acceptors (Lipinski definition) is 4. The van der Waals surface area contributed by atoms with E-state index in [4.69, 9.17) is 4.74 Å². The van der Waals surface area contributed by atoms with Crippen molar-refractivity contribution >= 4 is 28.6 Å². The molecule has 5 rings (SSSR count). The van der Waals surface area contributed by atoms with Crippen molar-refractivity contribution in [3.05, 3.63) is 71.8 Å². The average Bonchev–Trinajstić information content (AvgIpc) is 2.71. The molecule has 3 saturated heterocycles. The lowest BCUT2D eigenvalue weighted by atomic mass is 9.84. The Morgan fingerprint density at radius 2 is 1.50 bits per heavy atom. The van der Waals surface area contributed by atoms with Crippen LogP contribution in [0.3, 0.4) is 0 Å². The topological polar surface area (TPSA) is 49.8 Å². The highest BCUT2D eigenvalue weighted by Crippen LogP contribution is 2.39. The third-order valence-electron chi connectivity index (χ3n) is 5.58. The van der Waals surface area contributed by atoms with Gasteiger partial charge in [0.25, 0.3) is 0 Å². The van der Waals surface area contributed by atoms with Gasteiger partial charge in [-0.2, -0.15) is 0 Å². The highest BCUT2D eigenvalue weighted by Gasteiger charge is 2.48. The van der Waals surface area contributed by atoms with Crippen molar-refractivity contribution < 1.29 is 14.6 Å². The van der Waals surface area contributed by atoms with Gasteiger partial charge < -0.3 is 9.84 Å². The van der Waals surface area contributed by atoms with E-state index in [2.05, 4.69) is 27.5 Å². The summed E-state index contributed by atoms with van der Waals surface area (Å²) >= 11 is 2.37. The summed E-state index contributed by atoms with van der Waals surface area (Å²) in [7, 11) is 0. The van der Waals surface area contributed by atoms with E-state index in [1.54, 1.807) is 24.3 Å². The molecule has 2 aromatic carbocycles. The molecule has 4 nitrogen and oxygen atoms in total. The fourth-order valence-corrected chi connectivity index (χ4v) is 5.34. The lowest BCUT2D eigenvalue weighted by Crippen LogP contribution is -2.57. The second-order valence-corrected chi connectivity index (χ2v) is 8.33. The van der Waals surface area contributed by atoms with Gasteiger partial charge >= 0.3 is 5.97 Å². The van der Waals surface area contributed by atoms with Gasteiger partial charge in [-0.05, 0) is 37.1 Å². The Morgan fingerprint density at radius 1 is 1.00 bits per heavy atom. The van der Waals surface area contributed by atoms with Gasteiger partial charge in [0.05, 0.1) is 4.05 Å². The highest BCUT2D eigenvalue weighted by atomic mass is 127. The smallest absolute Gasteiger partial charge is 0.348 e. The predicted octanol–water partition coefficient (Wildman–Crippen LogP) is 3.32. The molecule has 0 amide bonds. The van der Waals surface area contributed by atoms with Crippen LogP contribution in [0, 0.1) is 5.92 Å². The van der Waals surface area contributed by atoms with Gasteiger partial charge in [0, 0.05) is 5.92 Å². The molecule has 0 spiro atoms. The van der Waals surface area contributed by atoms with E-state index in [1.165, 1.54) is 0 Å². The standard InChI is InChI=1S/C21H22INO3/c22-19-18(15-11-13-23(19)14-12-15)26-20(24)21(25,16-7-3-1-4-8-16)17-9-5-2-6-10-17/h1-10,15,18-19,25H,11-14H2. The molecule has 2 atom stereocenters. The molecule has 26 heavy (non-hydrogen) atoms. The molecule has 3 aliphatic rings. The van der Waals surface area contributed by atoms with Gasteiger partial charge in [-0.25, -0.2) is 4.79 Å². The number of benzene rings is 2. The molecule has 136 valence electrons. The fourth-order valence-electron chi connectivity index (χ4n) is 4.05. The Bertz CT molecular complexity index is 718. The first-order chi connectivity index (χ1) is 12.6. The number of hydrogen-bond donors (Lipinski definition) is 1. The number of nitrogens with zero attached hydrogens (tertiary/aromatic N) is 1. The summed E-state index contributed by atoms with van der Waals surface area (Å²) in [5.41, 5.74) is -0.741. The summed E-state index contributed by atoms with van der Waals surface area (Å²) in [6.07, 6.45) is 1.92. The lowest BCUT2D eigenvalue weighted by Gasteiger charge is -2.48. The number of ether oxygens (including phenoxy) is 1. The van der Waals surface area contributed by atoms with Gasteiger partial charge in [0.2, 0.25) is 5.60 Å². The van der Waals surface area contributed by atoms with E-state index in [0.29, 0.717) is 17.0 Å². The van der Waals surface area contributed by atoms with E-state index < -0.39 is 11.6 Å². The quantitative estimate of drug-likeness (QED) is 0.327. The highest BCUT2D eigenvalue weighted by molar-refractivity contribution is 14.1. The Morgan fingerprint density at radius 3 is 1.96 bits per heavy atom. The molecule has 0 saturated carbocycles. The maximum atomic E-state index is 13.3. The van der Waals surface area contributed by atoms with E-state index in [-0.39, 0.29) is 10.2 Å². The van der Waals surface area contributed by atoms with Crippen LogP contribution >= 0.6 is 22.6 Å². The first kappa shape index (κ1) is 17.9. The molecule has 2 aromatic rings. The van der Waals surface area contributed by atoms with Crippen LogP contribution in [0.25, 0.3) is 0 Å². The number of alkyl halides is 1. The van der Waals surface area contributed by atoms with Gasteiger partial charge in [-0.1, -0.05) is 83.3 Å². The summed E-state index contributed by atoms with van der Waals surface area (Å²) < 4.78 is 6.14. The number of carbonyl (C=O) groups excluding carboxylic acids is 1. The molecule has 5 heteroatoms. The third-order valence-corrected chi connectivity index (χ3v) is 7.08. The zero-order chi connectivity index (χ0) is 18.1. The van der Waals surface area contributed by atoms with E-state index in [9.17, 15) is 9.90 Å². The van der Waals surface area contributed by atoms with Gasteiger partial charge in [-0.3, -0.25) is 4.90 Å². The van der Waals surface area contributed by atoms with Crippen molar-refractivity contribution in [2.45, 2.75) is 28.6 Å². The molecule has 2 bridgehead atoms. The van der Waals surface area contributed by atoms with Crippen molar-refractivity contribution in [3.8, 4) is 0 Å². The maximum absolute atomic E-state index is 13.3. The molecule has 3 fully saturated rings. The summed E-state index contributed by atoms with van der Waals surface area (Å²) in [6.45, 7) is 2.13. The van der Waals surface area contributed by atoms with Crippen molar-refractivity contribution in [1.29, 1.82) is 0 Å². The van der Waals surface area contributed by atoms with Gasteiger partial charge in [0.1, 0.15) is 6.10 Å². The number of carbonyl (C=O) groups is 1. The van der Waals surface area contributed by atoms with Crippen LogP contribution in [0.5, 0.6) is 0 Å². The Balaban J connectivity index is 1.67. The van der Waals surface area contributed by atoms with Crippen LogP contribution < -0.4 is 0 Å². The maximum Gasteiger partial charge on any atom is 0.348 e. The minimum atomic E-state index is -1.80. The molecule has 0 aliphatic carbocycles. The zero-order valence-corrected chi connectivity index (χ0v) is 16.6. The molecule has 3 heterocycles. The number of halogens is 1. The molecule has 0 aromatic heterocycles. The van der Waals surface area contributed by atoms with E-state index in [1.807, 2.05) is 36.4 Å². The van der Waals surface area contributed by atoms with Crippen molar-refractivity contribution in [2.75, 3.05) is 13.1 Å². The van der Waals surface area contributed by atoms with Gasteiger partial charge in [-0.15, -0.1) is 0 Å². The van der Waals surface area contributed by atoms with Crippen LogP contribution in [-0.4, -0.2) is 39.2 Å². The normalized spacial score (nSPS) is 27.9. The van der Waals surface area contributed by atoms with Gasteiger partial charge in [0.15, 0.2) is 0 Å². The van der Waals surface area contributed by atoms with Crippen LogP contribution in [0.15, 0.2) is 60.7 Å². The lowest BCUT2D eigenvalue weighted by molar-refractivity contribution is -0.178. The summed E-state index contributed by atoms with van der Waals surface area (Å²) in [5, 5.41) is 11.5. The minimum Gasteiger partial charge on any atom is -0.457 e. The summed E-state index contributed by atoms with van der Waals surface area (Å²) in [5.74, 6) is -0.211. The zero-order valence-electron chi connectivity index (χ0n) is 14.4. The van der Waals surface area contributed by atoms with Crippen molar-refractivity contribution in [2.24, 2.45) is 5.92 Å². The Hall–Kier alpha value is -1.44. The molecule has 1 N–H and O–H groups in total. The van der Waals surface area contributed by atoms with E-state index in [0.717, 1.165) is 25.9 Å². The van der Waals surface area contributed by atoms with Crippen molar-refractivity contribution in [1.82, 2.24) is 4.90 Å². The SMILES string of the molecule is O=C(OC1C2CCN(CC2)C1I)C(O)(c1ccccc1)c1ccccc1. The molecular weight excluding hydrogens is 441 g/mol. The average molecular weight is 463 g/mol. The second kappa shape index (κ2) is 7.29. The Kier molecular flexibility index (Phi) is 5.03. The third kappa shape index (κ3) is 3.06. The fraction of sp³-hybridized carbons (Fsp3) is 0.381. The first-order valence-corrected chi connectivity index (χ1v) is 10.3. The molecule has 3 aliphatic heterocycles. The van der Waals surface area contributed by atoms with Crippen LogP contribution in [0.1, 0.15) is 24.0 Å². The summed E-state index contributed by atoms with van der Waals surface area (Å²) in [6, 6.07) is 18.1. The number of piperidine rings is 3. The number of fused-ring (bicyclic) bond motifs is 3. The number of rotatable bonds is 4. The monoisotopic (exact) mass is 463 g/mol. The Labute approximate surface area is 167 Å². The largest absolute Gasteiger partial charge is 0.457 e. The molecule has 0 radical (unpaired) electrons. The van der Waals surface area contributed by atoms with Crippen molar-refractivity contribution in [3.63, 3.8) is 0 Å². The van der Waals surface area contributed by atoms with E-state index >= 15 is 0 Å². The minimum absolute atomic E-state index is 0.167. The van der Waals surface area contributed by atoms with Crippen LogP contribution in [0.4, 0.5) is 0 Å².